The lowest BCUT2D eigenvalue weighted by Crippen LogP contribution is -2.30. The minimum atomic E-state index is -4.26. The molecule has 2 amide bonds. The zero-order valence-corrected chi connectivity index (χ0v) is 11.1. The van der Waals surface area contributed by atoms with E-state index in [4.69, 9.17) is 4.55 Å². The van der Waals surface area contributed by atoms with Crippen LogP contribution in [0.5, 0.6) is 0 Å². The van der Waals surface area contributed by atoms with E-state index >= 15 is 0 Å². The first-order chi connectivity index (χ1) is 7.93. The Morgan fingerprint density at radius 3 is 2.71 bits per heavy atom. The lowest BCUT2D eigenvalue weighted by molar-refractivity contribution is 0.252. The van der Waals surface area contributed by atoms with Gasteiger partial charge in [0, 0.05) is 17.6 Å². The second-order valence-electron chi connectivity index (χ2n) is 3.07. The first-order valence-electron chi connectivity index (χ1n) is 4.62. The number of alkyl halides is 1. The molecule has 1 aromatic carbocycles. The van der Waals surface area contributed by atoms with Gasteiger partial charge >= 0.3 is 6.03 Å². The van der Waals surface area contributed by atoms with Gasteiger partial charge in [-0.1, -0.05) is 22.0 Å². The molecule has 94 valence electrons. The van der Waals surface area contributed by atoms with Crippen LogP contribution in [0, 0.1) is 0 Å². The minimum Gasteiger partial charge on any atom is -0.337 e. The molecular formula is C9H11BrN2O4S. The number of nitrogens with one attached hydrogen (secondary N) is 2. The van der Waals surface area contributed by atoms with Crippen molar-refractivity contribution in [1.82, 2.24) is 5.32 Å². The van der Waals surface area contributed by atoms with Crippen molar-refractivity contribution >= 4 is 37.8 Å². The average molecular weight is 323 g/mol. The molecular weight excluding hydrogens is 312 g/mol. The summed E-state index contributed by atoms with van der Waals surface area (Å²) in [5.74, 6) is 0. The van der Waals surface area contributed by atoms with Crippen LogP contribution in [0.15, 0.2) is 29.2 Å². The Kier molecular flexibility index (Phi) is 4.91. The van der Waals surface area contributed by atoms with Crippen molar-refractivity contribution in [1.29, 1.82) is 0 Å². The van der Waals surface area contributed by atoms with Crippen molar-refractivity contribution < 1.29 is 17.8 Å². The standard InChI is InChI=1S/C9H11BrN2O4S/c10-4-5-11-9(13)12-7-2-1-3-8(6-7)17(14,15)16/h1-3,6H,4-5H2,(H2,11,12,13)(H,14,15,16). The maximum atomic E-state index is 11.3. The van der Waals surface area contributed by atoms with Crippen LogP contribution >= 0.6 is 15.9 Å². The van der Waals surface area contributed by atoms with E-state index in [1.165, 1.54) is 24.3 Å². The first-order valence-corrected chi connectivity index (χ1v) is 7.18. The van der Waals surface area contributed by atoms with Gasteiger partial charge in [-0.15, -0.1) is 0 Å². The number of urea groups is 1. The van der Waals surface area contributed by atoms with Crippen LogP contribution in [0.2, 0.25) is 0 Å². The Hall–Kier alpha value is -1.12. The van der Waals surface area contributed by atoms with Crippen molar-refractivity contribution in [2.24, 2.45) is 0 Å². The molecule has 0 unspecified atom stereocenters. The summed E-state index contributed by atoms with van der Waals surface area (Å²) in [6.07, 6.45) is 0. The van der Waals surface area contributed by atoms with Gasteiger partial charge < -0.3 is 10.6 Å². The number of hydrogen-bond acceptors (Lipinski definition) is 3. The highest BCUT2D eigenvalue weighted by molar-refractivity contribution is 9.09. The number of halogens is 1. The summed E-state index contributed by atoms with van der Waals surface area (Å²) >= 11 is 3.15. The number of carbonyl (C=O) groups excluding carboxylic acids is 1. The summed E-state index contributed by atoms with van der Waals surface area (Å²) in [6.45, 7) is 0.448. The highest BCUT2D eigenvalue weighted by atomic mass is 79.9. The van der Waals surface area contributed by atoms with Crippen LogP contribution in [0.1, 0.15) is 0 Å². The Labute approximate surface area is 107 Å². The molecule has 8 heteroatoms. The van der Waals surface area contributed by atoms with Crippen LogP contribution in [-0.2, 0) is 10.1 Å². The third-order valence-electron chi connectivity index (χ3n) is 1.77. The minimum absolute atomic E-state index is 0.268. The van der Waals surface area contributed by atoms with E-state index in [9.17, 15) is 13.2 Å². The van der Waals surface area contributed by atoms with Crippen LogP contribution in [0.4, 0.5) is 10.5 Å². The van der Waals surface area contributed by atoms with Gasteiger partial charge in [-0.05, 0) is 18.2 Å². The second-order valence-corrected chi connectivity index (χ2v) is 5.29. The normalized spacial score (nSPS) is 10.9. The predicted molar refractivity (Wildman–Crippen MR) is 67.1 cm³/mol. The fourth-order valence-electron chi connectivity index (χ4n) is 1.07. The largest absolute Gasteiger partial charge is 0.337 e. The predicted octanol–water partition coefficient (Wildman–Crippen LogP) is 1.45. The van der Waals surface area contributed by atoms with E-state index in [2.05, 4.69) is 26.6 Å². The first kappa shape index (κ1) is 13.9. The average Bonchev–Trinajstić information content (AvgIpc) is 2.25. The van der Waals surface area contributed by atoms with Crippen molar-refractivity contribution in [2.75, 3.05) is 17.2 Å². The lowest BCUT2D eigenvalue weighted by Gasteiger charge is -2.07. The zero-order chi connectivity index (χ0) is 12.9. The second kappa shape index (κ2) is 5.99. The number of anilines is 1. The molecule has 1 rings (SSSR count). The quantitative estimate of drug-likeness (QED) is 0.577. The molecule has 17 heavy (non-hydrogen) atoms. The maximum absolute atomic E-state index is 11.3. The van der Waals surface area contributed by atoms with Crippen molar-refractivity contribution in [2.45, 2.75) is 4.90 Å². The van der Waals surface area contributed by atoms with Gasteiger partial charge in [0.1, 0.15) is 0 Å². The van der Waals surface area contributed by atoms with Gasteiger partial charge in [-0.25, -0.2) is 4.79 Å². The van der Waals surface area contributed by atoms with Gasteiger partial charge in [-0.3, -0.25) is 4.55 Å². The summed E-state index contributed by atoms with van der Waals surface area (Å²) in [6, 6.07) is 4.89. The molecule has 0 saturated heterocycles. The topological polar surface area (TPSA) is 95.5 Å². The lowest BCUT2D eigenvalue weighted by atomic mass is 10.3. The highest BCUT2D eigenvalue weighted by Gasteiger charge is 2.10. The molecule has 0 aromatic heterocycles. The third kappa shape index (κ3) is 4.72. The Bertz CT molecular complexity index is 503. The Morgan fingerprint density at radius 1 is 1.41 bits per heavy atom. The van der Waals surface area contributed by atoms with E-state index in [0.29, 0.717) is 11.9 Å². The number of rotatable bonds is 4. The fourth-order valence-corrected chi connectivity index (χ4v) is 1.80. The molecule has 0 bridgehead atoms. The number of carbonyl (C=O) groups is 1. The SMILES string of the molecule is O=C(NCCBr)Nc1cccc(S(=O)(=O)O)c1. The number of benzene rings is 1. The van der Waals surface area contributed by atoms with Crippen molar-refractivity contribution in [3.63, 3.8) is 0 Å². The summed E-state index contributed by atoms with van der Waals surface area (Å²) in [4.78, 5) is 11.0. The number of hydrogen-bond donors (Lipinski definition) is 3. The highest BCUT2D eigenvalue weighted by Crippen LogP contribution is 2.14. The molecule has 0 heterocycles. The molecule has 1 aromatic rings. The third-order valence-corrected chi connectivity index (χ3v) is 3.02. The number of amides is 2. The van der Waals surface area contributed by atoms with Gasteiger partial charge in [0.25, 0.3) is 10.1 Å². The van der Waals surface area contributed by atoms with Gasteiger partial charge in [0.05, 0.1) is 4.90 Å². The molecule has 0 aliphatic rings. The molecule has 0 saturated carbocycles. The molecule has 0 spiro atoms. The Morgan fingerprint density at radius 2 is 2.12 bits per heavy atom. The summed E-state index contributed by atoms with van der Waals surface area (Å²) in [5, 5.41) is 5.59. The molecule has 0 aliphatic heterocycles. The summed E-state index contributed by atoms with van der Waals surface area (Å²) in [7, 11) is -4.26. The molecule has 0 radical (unpaired) electrons. The van der Waals surface area contributed by atoms with E-state index in [-0.39, 0.29) is 10.6 Å². The Balaban J connectivity index is 2.76. The molecule has 0 fully saturated rings. The fraction of sp³-hybridized carbons (Fsp3) is 0.222. The molecule has 0 aliphatic carbocycles. The molecule has 3 N–H and O–H groups in total. The van der Waals surface area contributed by atoms with Crippen LogP contribution in [0.25, 0.3) is 0 Å². The van der Waals surface area contributed by atoms with Gasteiger partial charge in [0.2, 0.25) is 0 Å². The van der Waals surface area contributed by atoms with Gasteiger partial charge in [0.15, 0.2) is 0 Å². The van der Waals surface area contributed by atoms with Crippen LogP contribution in [0.3, 0.4) is 0 Å². The monoisotopic (exact) mass is 322 g/mol. The van der Waals surface area contributed by atoms with Crippen molar-refractivity contribution in [3.8, 4) is 0 Å². The maximum Gasteiger partial charge on any atom is 0.319 e. The summed E-state index contributed by atoms with van der Waals surface area (Å²) in [5.41, 5.74) is 0.284. The van der Waals surface area contributed by atoms with E-state index in [1.807, 2.05) is 0 Å². The van der Waals surface area contributed by atoms with Crippen LogP contribution in [-0.4, -0.2) is 30.9 Å². The smallest absolute Gasteiger partial charge is 0.319 e. The van der Waals surface area contributed by atoms with E-state index < -0.39 is 16.1 Å². The van der Waals surface area contributed by atoms with Gasteiger partial charge in [-0.2, -0.15) is 8.42 Å². The van der Waals surface area contributed by atoms with Crippen LogP contribution < -0.4 is 10.6 Å². The molecule has 0 atom stereocenters. The van der Waals surface area contributed by atoms with E-state index in [0.717, 1.165) is 0 Å². The van der Waals surface area contributed by atoms with Crippen molar-refractivity contribution in [3.05, 3.63) is 24.3 Å². The van der Waals surface area contributed by atoms with E-state index in [1.54, 1.807) is 0 Å². The summed E-state index contributed by atoms with van der Waals surface area (Å²) < 4.78 is 30.6. The molecule has 6 nitrogen and oxygen atoms in total. The zero-order valence-electron chi connectivity index (χ0n) is 8.68.